The summed E-state index contributed by atoms with van der Waals surface area (Å²) in [6, 6.07) is 21.3. The van der Waals surface area contributed by atoms with Crippen molar-refractivity contribution in [3.05, 3.63) is 89.5 Å². The van der Waals surface area contributed by atoms with Crippen LogP contribution >= 0.6 is 0 Å². The minimum absolute atomic E-state index is 0.111. The summed E-state index contributed by atoms with van der Waals surface area (Å²) in [7, 11) is -3.76. The van der Waals surface area contributed by atoms with Crippen LogP contribution in [0.4, 0.5) is 0 Å². The molecule has 0 bridgehead atoms. The molecule has 1 saturated heterocycles. The van der Waals surface area contributed by atoms with Gasteiger partial charge in [0.15, 0.2) is 5.60 Å². The van der Waals surface area contributed by atoms with E-state index in [9.17, 15) is 13.2 Å². The van der Waals surface area contributed by atoms with Crippen LogP contribution in [-0.2, 0) is 20.4 Å². The second-order valence-corrected chi connectivity index (χ2v) is 10.1. The third-order valence-corrected chi connectivity index (χ3v) is 7.99. The predicted octanol–water partition coefficient (Wildman–Crippen LogP) is 4.64. The van der Waals surface area contributed by atoms with Crippen molar-refractivity contribution < 1.29 is 22.7 Å². The molecule has 6 nitrogen and oxygen atoms in total. The van der Waals surface area contributed by atoms with E-state index in [0.29, 0.717) is 30.7 Å². The summed E-state index contributed by atoms with van der Waals surface area (Å²) in [5.41, 5.74) is 1.36. The molecule has 0 aliphatic carbocycles. The number of carbonyl (C=O) groups is 1. The number of fused-ring (bicyclic) bond motifs is 2. The Labute approximate surface area is 187 Å². The number of sulfonamides is 1. The van der Waals surface area contributed by atoms with Crippen LogP contribution in [0.25, 0.3) is 0 Å². The van der Waals surface area contributed by atoms with Crippen molar-refractivity contribution in [2.45, 2.75) is 30.3 Å². The fourth-order valence-electron chi connectivity index (χ4n) is 4.46. The van der Waals surface area contributed by atoms with E-state index in [1.54, 1.807) is 36.4 Å². The zero-order chi connectivity index (χ0) is 22.3. The lowest BCUT2D eigenvalue weighted by atomic mass is 9.86. The Morgan fingerprint density at radius 2 is 1.69 bits per heavy atom. The summed E-state index contributed by atoms with van der Waals surface area (Å²) in [6.07, 6.45) is 1.21. The molecule has 1 atom stereocenters. The van der Waals surface area contributed by atoms with Gasteiger partial charge in [0.2, 0.25) is 10.0 Å². The SMILES string of the molecule is Cc1ccccc1Oc1ccc(S(=O)(=O)N2CCCC3(C2)OC(=O)c2ccccc23)cc1. The average Bonchev–Trinajstić information content (AvgIpc) is 3.07. The first kappa shape index (κ1) is 20.7. The second kappa shape index (κ2) is 7.76. The summed E-state index contributed by atoms with van der Waals surface area (Å²) >= 11 is 0. The number of piperidine rings is 1. The number of hydrogen-bond acceptors (Lipinski definition) is 5. The molecule has 1 spiro atoms. The van der Waals surface area contributed by atoms with Crippen LogP contribution < -0.4 is 4.74 Å². The molecule has 5 rings (SSSR count). The van der Waals surface area contributed by atoms with Crippen LogP contribution in [0.15, 0.2) is 77.7 Å². The Balaban J connectivity index is 1.39. The second-order valence-electron chi connectivity index (χ2n) is 8.21. The van der Waals surface area contributed by atoms with Crippen LogP contribution in [-0.4, -0.2) is 31.8 Å². The molecule has 0 radical (unpaired) electrons. The van der Waals surface area contributed by atoms with Crippen molar-refractivity contribution in [2.24, 2.45) is 0 Å². The predicted molar refractivity (Wildman–Crippen MR) is 119 cm³/mol. The molecule has 2 aliphatic heterocycles. The lowest BCUT2D eigenvalue weighted by Crippen LogP contribution is -2.48. The molecule has 2 heterocycles. The number of nitrogens with zero attached hydrogens (tertiary/aromatic N) is 1. The lowest BCUT2D eigenvalue weighted by molar-refractivity contribution is -0.0345. The number of aryl methyl sites for hydroxylation is 1. The molecule has 32 heavy (non-hydrogen) atoms. The van der Waals surface area contributed by atoms with Gasteiger partial charge in [-0.05, 0) is 61.7 Å². The topological polar surface area (TPSA) is 72.9 Å². The van der Waals surface area contributed by atoms with Gasteiger partial charge in [0.05, 0.1) is 17.0 Å². The van der Waals surface area contributed by atoms with Gasteiger partial charge < -0.3 is 9.47 Å². The van der Waals surface area contributed by atoms with E-state index < -0.39 is 21.6 Å². The average molecular weight is 450 g/mol. The highest BCUT2D eigenvalue weighted by Crippen LogP contribution is 2.43. The molecular formula is C25H23NO5S. The maximum Gasteiger partial charge on any atom is 0.339 e. The van der Waals surface area contributed by atoms with E-state index in [-0.39, 0.29) is 11.4 Å². The quantitative estimate of drug-likeness (QED) is 0.543. The Hall–Kier alpha value is -3.16. The van der Waals surface area contributed by atoms with Gasteiger partial charge in [0.1, 0.15) is 11.5 Å². The highest BCUT2D eigenvalue weighted by atomic mass is 32.2. The standard InChI is InChI=1S/C25H23NO5S/c1-18-7-2-5-10-23(18)30-19-11-13-20(14-12-19)32(28,29)26-16-6-15-25(17-26)22-9-4-3-8-21(22)24(27)31-25/h2-5,7-14H,6,15-17H2,1H3. The van der Waals surface area contributed by atoms with Gasteiger partial charge in [-0.3, -0.25) is 0 Å². The van der Waals surface area contributed by atoms with Crippen molar-refractivity contribution in [1.29, 1.82) is 0 Å². The molecule has 1 unspecified atom stereocenters. The van der Waals surface area contributed by atoms with Crippen LogP contribution in [0.2, 0.25) is 0 Å². The Kier molecular flexibility index (Phi) is 5.03. The molecular weight excluding hydrogens is 426 g/mol. The minimum Gasteiger partial charge on any atom is -0.457 e. The molecule has 3 aromatic rings. The van der Waals surface area contributed by atoms with Crippen molar-refractivity contribution in [3.8, 4) is 11.5 Å². The van der Waals surface area contributed by atoms with Gasteiger partial charge >= 0.3 is 5.97 Å². The van der Waals surface area contributed by atoms with Crippen LogP contribution in [0.3, 0.4) is 0 Å². The van der Waals surface area contributed by atoms with Gasteiger partial charge in [-0.15, -0.1) is 0 Å². The number of esters is 1. The Bertz CT molecular complexity index is 1290. The summed E-state index contributed by atoms with van der Waals surface area (Å²) in [5, 5.41) is 0. The largest absolute Gasteiger partial charge is 0.457 e. The molecule has 3 aromatic carbocycles. The van der Waals surface area contributed by atoms with Crippen molar-refractivity contribution in [2.75, 3.05) is 13.1 Å². The number of carbonyl (C=O) groups excluding carboxylic acids is 1. The number of para-hydroxylation sites is 1. The maximum absolute atomic E-state index is 13.4. The van der Waals surface area contributed by atoms with Crippen molar-refractivity contribution in [1.82, 2.24) is 4.31 Å². The molecule has 0 N–H and O–H groups in total. The van der Waals surface area contributed by atoms with Crippen LogP contribution in [0.5, 0.6) is 11.5 Å². The van der Waals surface area contributed by atoms with Gasteiger partial charge in [0, 0.05) is 12.1 Å². The van der Waals surface area contributed by atoms with Gasteiger partial charge in [-0.2, -0.15) is 4.31 Å². The van der Waals surface area contributed by atoms with Gasteiger partial charge in [0.25, 0.3) is 0 Å². The molecule has 2 aliphatic rings. The Morgan fingerprint density at radius 1 is 0.969 bits per heavy atom. The summed E-state index contributed by atoms with van der Waals surface area (Å²) in [5.74, 6) is 0.896. The third-order valence-electron chi connectivity index (χ3n) is 6.13. The molecule has 0 amide bonds. The summed E-state index contributed by atoms with van der Waals surface area (Å²) < 4.78 is 39.8. The van der Waals surface area contributed by atoms with Crippen LogP contribution in [0.1, 0.15) is 34.3 Å². The lowest BCUT2D eigenvalue weighted by Gasteiger charge is -2.38. The van der Waals surface area contributed by atoms with E-state index in [1.807, 2.05) is 43.3 Å². The fraction of sp³-hybridized carbons (Fsp3) is 0.240. The van der Waals surface area contributed by atoms with Gasteiger partial charge in [-0.1, -0.05) is 36.4 Å². The molecule has 1 fully saturated rings. The minimum atomic E-state index is -3.76. The number of hydrogen-bond donors (Lipinski definition) is 0. The zero-order valence-electron chi connectivity index (χ0n) is 17.7. The highest BCUT2D eigenvalue weighted by Gasteiger charge is 2.50. The number of benzene rings is 3. The van der Waals surface area contributed by atoms with Crippen LogP contribution in [0, 0.1) is 6.92 Å². The normalized spacial score (nSPS) is 20.7. The summed E-state index contributed by atoms with van der Waals surface area (Å²) in [4.78, 5) is 12.6. The van der Waals surface area contributed by atoms with E-state index in [1.165, 1.54) is 4.31 Å². The third kappa shape index (κ3) is 3.47. The monoisotopic (exact) mass is 449 g/mol. The van der Waals surface area contributed by atoms with E-state index >= 15 is 0 Å². The summed E-state index contributed by atoms with van der Waals surface area (Å²) in [6.45, 7) is 2.44. The first-order valence-corrected chi connectivity index (χ1v) is 12.0. The van der Waals surface area contributed by atoms with Crippen molar-refractivity contribution in [3.63, 3.8) is 0 Å². The van der Waals surface area contributed by atoms with E-state index in [4.69, 9.17) is 9.47 Å². The van der Waals surface area contributed by atoms with E-state index in [2.05, 4.69) is 0 Å². The van der Waals surface area contributed by atoms with Crippen molar-refractivity contribution >= 4 is 16.0 Å². The Morgan fingerprint density at radius 3 is 2.47 bits per heavy atom. The highest BCUT2D eigenvalue weighted by molar-refractivity contribution is 7.89. The molecule has 0 saturated carbocycles. The fourth-order valence-corrected chi connectivity index (χ4v) is 5.99. The maximum atomic E-state index is 13.4. The molecule has 0 aromatic heterocycles. The zero-order valence-corrected chi connectivity index (χ0v) is 18.5. The van der Waals surface area contributed by atoms with Gasteiger partial charge in [-0.25, -0.2) is 13.2 Å². The van der Waals surface area contributed by atoms with E-state index in [0.717, 1.165) is 16.9 Å². The number of ether oxygens (including phenoxy) is 2. The smallest absolute Gasteiger partial charge is 0.339 e. The number of rotatable bonds is 4. The first-order chi connectivity index (χ1) is 15.4. The first-order valence-electron chi connectivity index (χ1n) is 10.6. The molecule has 7 heteroatoms. The molecule has 164 valence electrons.